The summed E-state index contributed by atoms with van der Waals surface area (Å²) >= 11 is 0. The van der Waals surface area contributed by atoms with Crippen molar-refractivity contribution in [1.82, 2.24) is 0 Å². The molecule has 2 nitrogen and oxygen atoms in total. The normalized spacial score (nSPS) is 8.55. The second-order valence-corrected chi connectivity index (χ2v) is 2.26. The minimum absolute atomic E-state index is 0. The minimum Gasteiger partial charge on any atom is -0.466 e. The zero-order valence-electron chi connectivity index (χ0n) is 7.35. The predicted octanol–water partition coefficient (Wildman–Crippen LogP) is 1.75. The van der Waals surface area contributed by atoms with Gasteiger partial charge in [-0.3, -0.25) is 4.79 Å². The first kappa shape index (κ1) is 13.9. The van der Waals surface area contributed by atoms with E-state index in [9.17, 15) is 4.79 Å². The number of hydrogen-bond donors (Lipinski definition) is 0. The molecular formula is C8H16O2Pb. The molecule has 0 amide bonds. The van der Waals surface area contributed by atoms with Crippen LogP contribution in [0.2, 0.25) is 0 Å². The second kappa shape index (κ2) is 10.4. The van der Waals surface area contributed by atoms with E-state index in [0.717, 1.165) is 19.3 Å². The molecule has 0 fully saturated rings. The average Bonchev–Trinajstić information content (AvgIpc) is 1.89. The zero-order chi connectivity index (χ0) is 7.82. The van der Waals surface area contributed by atoms with Crippen molar-refractivity contribution >= 4 is 33.3 Å². The first-order chi connectivity index (χ1) is 4.81. The van der Waals surface area contributed by atoms with Gasteiger partial charge in [0.05, 0.1) is 6.61 Å². The Bertz CT molecular complexity index is 94.1. The number of rotatable bonds is 5. The maximum absolute atomic E-state index is 10.7. The van der Waals surface area contributed by atoms with E-state index in [1.54, 1.807) is 0 Å². The Morgan fingerprint density at radius 3 is 2.36 bits per heavy atom. The predicted molar refractivity (Wildman–Crippen MR) is 46.5 cm³/mol. The second-order valence-electron chi connectivity index (χ2n) is 2.26. The van der Waals surface area contributed by atoms with Crippen LogP contribution in [0.3, 0.4) is 0 Å². The summed E-state index contributed by atoms with van der Waals surface area (Å²) < 4.78 is 4.75. The number of carbonyl (C=O) groups is 1. The van der Waals surface area contributed by atoms with Crippen LogP contribution in [0.5, 0.6) is 0 Å². The molecule has 0 aliphatic carbocycles. The van der Waals surface area contributed by atoms with Crippen LogP contribution in [0, 0.1) is 0 Å². The van der Waals surface area contributed by atoms with Gasteiger partial charge in [-0.2, -0.15) is 0 Å². The molecule has 0 aromatic heterocycles. The molecule has 0 rings (SSSR count). The maximum Gasteiger partial charge on any atom is 0.305 e. The van der Waals surface area contributed by atoms with Crippen LogP contribution in [0.15, 0.2) is 0 Å². The van der Waals surface area contributed by atoms with Crippen LogP contribution in [-0.4, -0.2) is 39.9 Å². The van der Waals surface area contributed by atoms with E-state index in [1.807, 2.05) is 6.92 Å². The van der Waals surface area contributed by atoms with Crippen molar-refractivity contribution in [3.8, 4) is 0 Å². The molecule has 0 unspecified atom stereocenters. The van der Waals surface area contributed by atoms with E-state index in [-0.39, 0.29) is 33.3 Å². The van der Waals surface area contributed by atoms with Crippen LogP contribution in [0.25, 0.3) is 0 Å². The number of hydrogen-bond acceptors (Lipinski definition) is 2. The Balaban J connectivity index is 0. The van der Waals surface area contributed by atoms with Gasteiger partial charge in [0.25, 0.3) is 0 Å². The van der Waals surface area contributed by atoms with Crippen LogP contribution in [-0.2, 0) is 9.53 Å². The van der Waals surface area contributed by atoms with Crippen molar-refractivity contribution in [3.05, 3.63) is 0 Å². The third-order valence-corrected chi connectivity index (χ3v) is 1.29. The first-order valence-electron chi connectivity index (χ1n) is 3.96. The Labute approximate surface area is 88.9 Å². The molecule has 0 bridgehead atoms. The number of unbranched alkanes of at least 4 members (excludes halogenated alkanes) is 2. The fraction of sp³-hybridized carbons (Fsp3) is 0.875. The van der Waals surface area contributed by atoms with E-state index >= 15 is 0 Å². The molecule has 0 saturated heterocycles. The van der Waals surface area contributed by atoms with E-state index in [1.165, 1.54) is 0 Å². The maximum atomic E-state index is 10.7. The third-order valence-electron chi connectivity index (χ3n) is 1.29. The molecule has 4 radical (unpaired) electrons. The molecule has 3 heteroatoms. The zero-order valence-corrected chi connectivity index (χ0v) is 11.2. The standard InChI is InChI=1S/C8H16O2.Pb/c1-3-5-6-7-8(9)10-4-2;/h3-7H2,1-2H3;. The molecule has 11 heavy (non-hydrogen) atoms. The van der Waals surface area contributed by atoms with Crippen molar-refractivity contribution in [2.75, 3.05) is 6.61 Å². The molecule has 64 valence electrons. The summed E-state index contributed by atoms with van der Waals surface area (Å²) in [4.78, 5) is 10.7. The average molecular weight is 351 g/mol. The summed E-state index contributed by atoms with van der Waals surface area (Å²) in [6.07, 6.45) is 3.83. The smallest absolute Gasteiger partial charge is 0.305 e. The van der Waals surface area contributed by atoms with Gasteiger partial charge in [0, 0.05) is 33.7 Å². The van der Waals surface area contributed by atoms with E-state index in [2.05, 4.69) is 6.92 Å². The van der Waals surface area contributed by atoms with Crippen molar-refractivity contribution in [3.63, 3.8) is 0 Å². The van der Waals surface area contributed by atoms with E-state index < -0.39 is 0 Å². The van der Waals surface area contributed by atoms with Crippen molar-refractivity contribution < 1.29 is 9.53 Å². The third kappa shape index (κ3) is 10.4. The first-order valence-corrected chi connectivity index (χ1v) is 3.96. The molecule has 0 spiro atoms. The topological polar surface area (TPSA) is 26.3 Å². The summed E-state index contributed by atoms with van der Waals surface area (Å²) in [6.45, 7) is 4.45. The van der Waals surface area contributed by atoms with Gasteiger partial charge in [-0.15, -0.1) is 0 Å². The van der Waals surface area contributed by atoms with Crippen LogP contribution >= 0.6 is 0 Å². The molecule has 0 heterocycles. The number of esters is 1. The number of carbonyl (C=O) groups excluding carboxylic acids is 1. The summed E-state index contributed by atoms with van der Waals surface area (Å²) in [5.74, 6) is -0.0593. The Kier molecular flexibility index (Phi) is 13.2. The summed E-state index contributed by atoms with van der Waals surface area (Å²) in [5.41, 5.74) is 0. The van der Waals surface area contributed by atoms with Gasteiger partial charge in [0.2, 0.25) is 0 Å². The van der Waals surface area contributed by atoms with Crippen LogP contribution < -0.4 is 0 Å². The Hall–Kier alpha value is 0.392. The molecular weight excluding hydrogens is 335 g/mol. The van der Waals surface area contributed by atoms with Crippen LogP contribution in [0.4, 0.5) is 0 Å². The van der Waals surface area contributed by atoms with Crippen molar-refractivity contribution in [1.29, 1.82) is 0 Å². The van der Waals surface area contributed by atoms with E-state index in [4.69, 9.17) is 4.74 Å². The van der Waals surface area contributed by atoms with Crippen molar-refractivity contribution in [2.24, 2.45) is 0 Å². The van der Waals surface area contributed by atoms with Gasteiger partial charge in [-0.25, -0.2) is 0 Å². The minimum atomic E-state index is -0.0593. The summed E-state index contributed by atoms with van der Waals surface area (Å²) in [6, 6.07) is 0. The summed E-state index contributed by atoms with van der Waals surface area (Å²) in [5, 5.41) is 0. The van der Waals surface area contributed by atoms with Gasteiger partial charge in [-0.1, -0.05) is 19.8 Å². The molecule has 0 aliphatic heterocycles. The fourth-order valence-corrected chi connectivity index (χ4v) is 0.752. The molecule has 0 aromatic rings. The molecule has 0 saturated carbocycles. The Morgan fingerprint density at radius 2 is 1.91 bits per heavy atom. The van der Waals surface area contributed by atoms with Crippen molar-refractivity contribution in [2.45, 2.75) is 39.5 Å². The molecule has 0 N–H and O–H groups in total. The summed E-state index contributed by atoms with van der Waals surface area (Å²) in [7, 11) is 0. The Morgan fingerprint density at radius 1 is 1.27 bits per heavy atom. The molecule has 0 aliphatic rings. The van der Waals surface area contributed by atoms with Crippen LogP contribution in [0.1, 0.15) is 39.5 Å². The van der Waals surface area contributed by atoms with Gasteiger partial charge in [0.15, 0.2) is 0 Å². The molecule has 0 atom stereocenters. The monoisotopic (exact) mass is 352 g/mol. The largest absolute Gasteiger partial charge is 0.466 e. The van der Waals surface area contributed by atoms with Gasteiger partial charge in [-0.05, 0) is 13.3 Å². The molecule has 0 aromatic carbocycles. The quantitative estimate of drug-likeness (QED) is 0.429. The SMILES string of the molecule is CCCCCC(=O)OCC.[Pb]. The van der Waals surface area contributed by atoms with Gasteiger partial charge >= 0.3 is 5.97 Å². The van der Waals surface area contributed by atoms with Gasteiger partial charge in [0.1, 0.15) is 0 Å². The number of ether oxygens (including phenoxy) is 1. The fourth-order valence-electron chi connectivity index (χ4n) is 0.752. The van der Waals surface area contributed by atoms with Gasteiger partial charge < -0.3 is 4.74 Å². The van der Waals surface area contributed by atoms with E-state index in [0.29, 0.717) is 13.0 Å².